The number of fused-ring (bicyclic) bond motifs is 2. The summed E-state index contributed by atoms with van der Waals surface area (Å²) < 4.78 is 0. The number of nitrogens with one attached hydrogen (secondary N) is 1. The van der Waals surface area contributed by atoms with E-state index in [-0.39, 0.29) is 18.7 Å². The first kappa shape index (κ1) is 16.5. The lowest BCUT2D eigenvalue weighted by molar-refractivity contribution is -0.119. The van der Waals surface area contributed by atoms with Crippen LogP contribution in [0.2, 0.25) is 0 Å². The van der Waals surface area contributed by atoms with E-state index < -0.39 is 11.9 Å². The molecule has 0 unspecified atom stereocenters. The minimum Gasteiger partial charge on any atom is -0.368 e. The largest absolute Gasteiger partial charge is 0.368 e. The molecule has 0 heterocycles. The SMILES string of the molecule is N#CCC[C@H](NC(=O)c1c2ccccc2cc2ccccc12)C(N)=O. The van der Waals surface area contributed by atoms with Gasteiger partial charge in [0.25, 0.3) is 5.91 Å². The quantitative estimate of drug-likeness (QED) is 0.704. The fourth-order valence-corrected chi connectivity index (χ4v) is 2.98. The van der Waals surface area contributed by atoms with Crippen LogP contribution in [-0.4, -0.2) is 17.9 Å². The summed E-state index contributed by atoms with van der Waals surface area (Å²) in [5.41, 5.74) is 5.88. The van der Waals surface area contributed by atoms with Gasteiger partial charge in [-0.1, -0.05) is 48.5 Å². The lowest BCUT2D eigenvalue weighted by Gasteiger charge is -2.16. The molecule has 0 saturated carbocycles. The fourth-order valence-electron chi connectivity index (χ4n) is 2.98. The van der Waals surface area contributed by atoms with Crippen LogP contribution in [0.5, 0.6) is 0 Å². The van der Waals surface area contributed by atoms with Crippen molar-refractivity contribution in [2.24, 2.45) is 5.73 Å². The van der Waals surface area contributed by atoms with Gasteiger partial charge in [0.1, 0.15) is 6.04 Å². The molecule has 0 saturated heterocycles. The normalized spacial score (nSPS) is 11.8. The van der Waals surface area contributed by atoms with Gasteiger partial charge in [-0.25, -0.2) is 0 Å². The molecule has 0 aliphatic heterocycles. The molecule has 5 heteroatoms. The average molecular weight is 331 g/mol. The molecule has 25 heavy (non-hydrogen) atoms. The van der Waals surface area contributed by atoms with Gasteiger partial charge >= 0.3 is 0 Å². The Morgan fingerprint density at radius 2 is 1.60 bits per heavy atom. The van der Waals surface area contributed by atoms with Gasteiger partial charge in [0.05, 0.1) is 11.6 Å². The molecule has 0 radical (unpaired) electrons. The topological polar surface area (TPSA) is 96.0 Å². The van der Waals surface area contributed by atoms with E-state index in [4.69, 9.17) is 11.0 Å². The van der Waals surface area contributed by atoms with Gasteiger partial charge in [0, 0.05) is 6.42 Å². The first-order valence-electron chi connectivity index (χ1n) is 7.99. The van der Waals surface area contributed by atoms with Crippen molar-refractivity contribution in [2.45, 2.75) is 18.9 Å². The third-order valence-corrected chi connectivity index (χ3v) is 4.19. The molecule has 3 aromatic rings. The summed E-state index contributed by atoms with van der Waals surface area (Å²) in [6, 6.07) is 18.3. The number of carbonyl (C=O) groups excluding carboxylic acids is 2. The molecule has 0 fully saturated rings. The minimum atomic E-state index is -0.870. The van der Waals surface area contributed by atoms with Gasteiger partial charge in [-0.3, -0.25) is 9.59 Å². The number of hydrogen-bond acceptors (Lipinski definition) is 3. The molecule has 0 aliphatic carbocycles. The molecular formula is C20H17N3O2. The van der Waals surface area contributed by atoms with E-state index in [1.807, 2.05) is 60.7 Å². The maximum atomic E-state index is 12.9. The molecule has 1 atom stereocenters. The summed E-state index contributed by atoms with van der Waals surface area (Å²) in [4.78, 5) is 24.5. The van der Waals surface area contributed by atoms with Crippen LogP contribution >= 0.6 is 0 Å². The number of hydrogen-bond donors (Lipinski definition) is 2. The van der Waals surface area contributed by atoms with Crippen LogP contribution in [0.1, 0.15) is 23.2 Å². The van der Waals surface area contributed by atoms with Gasteiger partial charge in [0.15, 0.2) is 0 Å². The van der Waals surface area contributed by atoms with Crippen LogP contribution in [0.3, 0.4) is 0 Å². The number of nitriles is 1. The monoisotopic (exact) mass is 331 g/mol. The zero-order valence-corrected chi connectivity index (χ0v) is 13.5. The highest BCUT2D eigenvalue weighted by Crippen LogP contribution is 2.28. The second-order valence-corrected chi connectivity index (χ2v) is 5.82. The second kappa shape index (κ2) is 7.02. The Kier molecular flexibility index (Phi) is 4.62. The number of amides is 2. The van der Waals surface area contributed by atoms with Gasteiger partial charge in [0.2, 0.25) is 5.91 Å². The van der Waals surface area contributed by atoms with E-state index >= 15 is 0 Å². The maximum Gasteiger partial charge on any atom is 0.253 e. The van der Waals surface area contributed by atoms with Crippen molar-refractivity contribution < 1.29 is 9.59 Å². The molecule has 124 valence electrons. The second-order valence-electron chi connectivity index (χ2n) is 5.82. The lowest BCUT2D eigenvalue weighted by atomic mass is 9.96. The first-order chi connectivity index (χ1) is 12.1. The van der Waals surface area contributed by atoms with Gasteiger partial charge < -0.3 is 11.1 Å². The van der Waals surface area contributed by atoms with E-state index in [1.165, 1.54) is 0 Å². The van der Waals surface area contributed by atoms with Crippen molar-refractivity contribution >= 4 is 33.4 Å². The highest BCUT2D eigenvalue weighted by atomic mass is 16.2. The summed E-state index contributed by atoms with van der Waals surface area (Å²) in [5, 5.41) is 14.9. The predicted molar refractivity (Wildman–Crippen MR) is 96.7 cm³/mol. The number of nitrogens with zero attached hydrogens (tertiary/aromatic N) is 1. The zero-order chi connectivity index (χ0) is 17.8. The molecule has 3 rings (SSSR count). The summed E-state index contributed by atoms with van der Waals surface area (Å²) in [5.74, 6) is -1.01. The molecular weight excluding hydrogens is 314 g/mol. The van der Waals surface area contributed by atoms with Crippen molar-refractivity contribution in [3.63, 3.8) is 0 Å². The number of carbonyl (C=O) groups is 2. The number of benzene rings is 3. The van der Waals surface area contributed by atoms with Crippen LogP contribution < -0.4 is 11.1 Å². The molecule has 5 nitrogen and oxygen atoms in total. The molecule has 0 aromatic heterocycles. The van der Waals surface area contributed by atoms with Crippen LogP contribution in [-0.2, 0) is 4.79 Å². The van der Waals surface area contributed by atoms with Crippen LogP contribution in [0.4, 0.5) is 0 Å². The fraction of sp³-hybridized carbons (Fsp3) is 0.150. The molecule has 2 amide bonds. The summed E-state index contributed by atoms with van der Waals surface area (Å²) >= 11 is 0. The Hall–Kier alpha value is -3.39. The van der Waals surface area contributed by atoms with Crippen molar-refractivity contribution in [3.05, 3.63) is 60.2 Å². The minimum absolute atomic E-state index is 0.143. The Balaban J connectivity index is 2.10. The zero-order valence-electron chi connectivity index (χ0n) is 13.5. The number of primary amides is 1. The lowest BCUT2D eigenvalue weighted by Crippen LogP contribution is -2.44. The molecule has 0 bridgehead atoms. The van der Waals surface area contributed by atoms with Crippen molar-refractivity contribution in [1.29, 1.82) is 5.26 Å². The third kappa shape index (κ3) is 3.29. The first-order valence-corrected chi connectivity index (χ1v) is 7.99. The van der Waals surface area contributed by atoms with Gasteiger partial charge in [-0.15, -0.1) is 0 Å². The van der Waals surface area contributed by atoms with E-state index in [1.54, 1.807) is 0 Å². The van der Waals surface area contributed by atoms with Gasteiger partial charge in [-0.2, -0.15) is 5.26 Å². The molecule has 0 spiro atoms. The van der Waals surface area contributed by atoms with Crippen LogP contribution in [0.25, 0.3) is 21.5 Å². The number of rotatable bonds is 5. The van der Waals surface area contributed by atoms with Crippen molar-refractivity contribution in [1.82, 2.24) is 5.32 Å². The van der Waals surface area contributed by atoms with Crippen molar-refractivity contribution in [3.8, 4) is 6.07 Å². The van der Waals surface area contributed by atoms with E-state index in [0.717, 1.165) is 21.5 Å². The molecule has 3 aromatic carbocycles. The standard InChI is InChI=1S/C20H17N3O2/c21-11-5-10-17(19(22)24)23-20(25)18-15-8-3-1-6-13(15)12-14-7-2-4-9-16(14)18/h1-4,6-9,12,17H,5,10H2,(H2,22,24)(H,23,25)/t17-/m0/s1. The Morgan fingerprint density at radius 1 is 1.04 bits per heavy atom. The summed E-state index contributed by atoms with van der Waals surface area (Å²) in [6.07, 6.45) is 0.338. The van der Waals surface area contributed by atoms with Crippen LogP contribution in [0.15, 0.2) is 54.6 Å². The van der Waals surface area contributed by atoms with Gasteiger partial charge in [-0.05, 0) is 34.0 Å². The molecule has 0 aliphatic rings. The third-order valence-electron chi connectivity index (χ3n) is 4.19. The average Bonchev–Trinajstić information content (AvgIpc) is 2.62. The summed E-state index contributed by atoms with van der Waals surface area (Å²) in [6.45, 7) is 0. The Morgan fingerprint density at radius 3 is 2.12 bits per heavy atom. The summed E-state index contributed by atoms with van der Waals surface area (Å²) in [7, 11) is 0. The predicted octanol–water partition coefficient (Wildman–Crippen LogP) is 2.88. The highest BCUT2D eigenvalue weighted by molar-refractivity contribution is 6.18. The Bertz CT molecular complexity index is 951. The molecule has 3 N–H and O–H groups in total. The Labute approximate surface area is 145 Å². The smallest absolute Gasteiger partial charge is 0.253 e. The van der Waals surface area contributed by atoms with E-state index in [0.29, 0.717) is 5.56 Å². The van der Waals surface area contributed by atoms with Crippen molar-refractivity contribution in [2.75, 3.05) is 0 Å². The highest BCUT2D eigenvalue weighted by Gasteiger charge is 2.21. The number of nitrogens with two attached hydrogens (primary N) is 1. The van der Waals surface area contributed by atoms with Crippen LogP contribution in [0, 0.1) is 11.3 Å². The van der Waals surface area contributed by atoms with E-state index in [9.17, 15) is 9.59 Å². The van der Waals surface area contributed by atoms with E-state index in [2.05, 4.69) is 5.32 Å². The maximum absolute atomic E-state index is 12.9.